The molecule has 3 aromatic carbocycles. The Morgan fingerprint density at radius 2 is 1.66 bits per heavy atom. The number of Topliss-reactive ketones (excluding diaryl/α,β-unsaturated/α-hetero) is 1. The molecule has 1 atom stereocenters. The molecule has 10 heteroatoms. The van der Waals surface area contributed by atoms with Gasteiger partial charge in [0, 0.05) is 29.2 Å². The number of hydrogen-bond acceptors (Lipinski definition) is 6. The van der Waals surface area contributed by atoms with Crippen LogP contribution in [0.2, 0.25) is 5.02 Å². The van der Waals surface area contributed by atoms with Crippen molar-refractivity contribution in [3.8, 4) is 11.4 Å². The summed E-state index contributed by atoms with van der Waals surface area (Å²) in [5.74, 6) is 0.638. The molecular weight excluding hydrogens is 540 g/mol. The third kappa shape index (κ3) is 6.02. The van der Waals surface area contributed by atoms with Crippen LogP contribution in [0, 0.1) is 0 Å². The van der Waals surface area contributed by atoms with E-state index in [0.29, 0.717) is 40.2 Å². The van der Waals surface area contributed by atoms with Crippen molar-refractivity contribution in [1.82, 2.24) is 19.1 Å². The average molecular weight is 569 g/mol. The first-order valence-corrected chi connectivity index (χ1v) is 15.1. The predicted octanol–water partition coefficient (Wildman–Crippen LogP) is 6.21. The lowest BCUT2D eigenvalue weighted by Gasteiger charge is -2.20. The van der Waals surface area contributed by atoms with E-state index in [9.17, 15) is 13.2 Å². The van der Waals surface area contributed by atoms with E-state index in [2.05, 4.69) is 10.2 Å². The van der Waals surface area contributed by atoms with E-state index in [0.717, 1.165) is 5.56 Å². The number of carbonyl (C=O) groups excluding carboxylic acids is 1. The zero-order chi connectivity index (χ0) is 27.3. The van der Waals surface area contributed by atoms with Crippen molar-refractivity contribution >= 4 is 39.2 Å². The van der Waals surface area contributed by atoms with Crippen LogP contribution in [-0.2, 0) is 10.0 Å². The first-order chi connectivity index (χ1) is 18.3. The number of hydrogen-bond donors (Lipinski definition) is 0. The maximum Gasteiger partial charge on any atom is 0.243 e. The Morgan fingerprint density at radius 3 is 2.32 bits per heavy atom. The summed E-state index contributed by atoms with van der Waals surface area (Å²) in [6.45, 7) is 6.43. The molecule has 4 aromatic rings. The Hall–Kier alpha value is -2.98. The van der Waals surface area contributed by atoms with Crippen LogP contribution in [0.4, 0.5) is 0 Å². The molecule has 1 heterocycles. The number of aromatic nitrogens is 3. The zero-order valence-corrected chi connectivity index (χ0v) is 23.8. The maximum atomic E-state index is 13.2. The van der Waals surface area contributed by atoms with Crippen molar-refractivity contribution in [1.29, 1.82) is 0 Å². The molecule has 1 unspecified atom stereocenters. The summed E-state index contributed by atoms with van der Waals surface area (Å²) in [7, 11) is -3.65. The molecule has 38 heavy (non-hydrogen) atoms. The minimum absolute atomic E-state index is 0.0533. The van der Waals surface area contributed by atoms with Gasteiger partial charge in [-0.05, 0) is 48.9 Å². The monoisotopic (exact) mass is 568 g/mol. The highest BCUT2D eigenvalue weighted by atomic mass is 35.5. The SMILES string of the molecule is CCN(CC)S(=O)(=O)c1cccc(-c2nnc(SCC(=O)c3ccc(Cl)cc3)n2C(C)c2ccccc2)c1. The molecule has 0 aliphatic carbocycles. The van der Waals surface area contributed by atoms with Gasteiger partial charge >= 0.3 is 0 Å². The second-order valence-electron chi connectivity index (χ2n) is 8.60. The van der Waals surface area contributed by atoms with E-state index in [1.165, 1.54) is 16.1 Å². The van der Waals surface area contributed by atoms with E-state index >= 15 is 0 Å². The summed E-state index contributed by atoms with van der Waals surface area (Å²) >= 11 is 7.25. The van der Waals surface area contributed by atoms with Gasteiger partial charge in [-0.15, -0.1) is 10.2 Å². The van der Waals surface area contributed by atoms with Crippen LogP contribution in [0.25, 0.3) is 11.4 Å². The number of benzene rings is 3. The van der Waals surface area contributed by atoms with Crippen molar-refractivity contribution in [2.24, 2.45) is 0 Å². The van der Waals surface area contributed by atoms with Gasteiger partial charge in [-0.3, -0.25) is 9.36 Å². The quantitative estimate of drug-likeness (QED) is 0.158. The van der Waals surface area contributed by atoms with Gasteiger partial charge in [0.2, 0.25) is 10.0 Å². The molecule has 0 saturated carbocycles. The van der Waals surface area contributed by atoms with Crippen LogP contribution in [0.3, 0.4) is 0 Å². The number of rotatable bonds is 11. The lowest BCUT2D eigenvalue weighted by molar-refractivity contribution is 0.102. The predicted molar refractivity (Wildman–Crippen MR) is 152 cm³/mol. The molecule has 0 saturated heterocycles. The van der Waals surface area contributed by atoms with Gasteiger partial charge in [0.25, 0.3) is 0 Å². The third-order valence-corrected chi connectivity index (χ3v) is 9.51. The lowest BCUT2D eigenvalue weighted by atomic mass is 10.1. The largest absolute Gasteiger partial charge is 0.295 e. The number of nitrogens with zero attached hydrogens (tertiary/aromatic N) is 4. The van der Waals surface area contributed by atoms with Gasteiger partial charge in [0.15, 0.2) is 16.8 Å². The van der Waals surface area contributed by atoms with Crippen molar-refractivity contribution in [3.05, 3.63) is 95.0 Å². The van der Waals surface area contributed by atoms with E-state index < -0.39 is 10.0 Å². The van der Waals surface area contributed by atoms with Crippen LogP contribution < -0.4 is 0 Å². The number of carbonyl (C=O) groups is 1. The fraction of sp³-hybridized carbons (Fsp3) is 0.250. The molecule has 0 aliphatic heterocycles. The molecule has 0 N–H and O–H groups in total. The maximum absolute atomic E-state index is 13.2. The van der Waals surface area contributed by atoms with Gasteiger partial charge in [0.05, 0.1) is 16.7 Å². The summed E-state index contributed by atoms with van der Waals surface area (Å²) in [4.78, 5) is 13.0. The van der Waals surface area contributed by atoms with Gasteiger partial charge in [-0.1, -0.05) is 79.7 Å². The summed E-state index contributed by atoms with van der Waals surface area (Å²) in [6.07, 6.45) is 0. The standard InChI is InChI=1S/C28H29ClN4O3S2/c1-4-32(5-2)38(35,36)25-13-9-12-23(18-25)27-30-31-28(33(27)20(3)21-10-7-6-8-11-21)37-19-26(34)22-14-16-24(29)17-15-22/h6-18,20H,4-5,19H2,1-3H3. The first kappa shape index (κ1) is 28.0. The average Bonchev–Trinajstić information content (AvgIpc) is 3.36. The minimum atomic E-state index is -3.65. The van der Waals surface area contributed by atoms with Crippen LogP contribution in [0.1, 0.15) is 42.7 Å². The molecule has 4 rings (SSSR count). The van der Waals surface area contributed by atoms with Crippen molar-refractivity contribution < 1.29 is 13.2 Å². The highest BCUT2D eigenvalue weighted by molar-refractivity contribution is 7.99. The molecule has 198 valence electrons. The van der Waals surface area contributed by atoms with Crippen LogP contribution >= 0.6 is 23.4 Å². The molecule has 0 fully saturated rings. The molecule has 7 nitrogen and oxygen atoms in total. The van der Waals surface area contributed by atoms with E-state index in [1.807, 2.05) is 61.7 Å². The number of thioether (sulfide) groups is 1. The smallest absolute Gasteiger partial charge is 0.243 e. The highest BCUT2D eigenvalue weighted by Gasteiger charge is 2.25. The number of sulfonamides is 1. The van der Waals surface area contributed by atoms with Crippen molar-refractivity contribution in [3.63, 3.8) is 0 Å². The topological polar surface area (TPSA) is 85.2 Å². The second kappa shape index (κ2) is 12.3. The van der Waals surface area contributed by atoms with Crippen molar-refractivity contribution in [2.75, 3.05) is 18.8 Å². The van der Waals surface area contributed by atoms with Gasteiger partial charge in [-0.25, -0.2) is 8.42 Å². The van der Waals surface area contributed by atoms with Gasteiger partial charge in [0.1, 0.15) is 0 Å². The highest BCUT2D eigenvalue weighted by Crippen LogP contribution is 2.32. The van der Waals surface area contributed by atoms with Gasteiger partial charge in [-0.2, -0.15) is 4.31 Å². The summed E-state index contributed by atoms with van der Waals surface area (Å²) < 4.78 is 29.8. The lowest BCUT2D eigenvalue weighted by Crippen LogP contribution is -2.30. The molecule has 0 spiro atoms. The summed E-state index contributed by atoms with van der Waals surface area (Å²) in [5, 5.41) is 10.0. The molecular formula is C28H29ClN4O3S2. The Balaban J connectivity index is 1.73. The third-order valence-electron chi connectivity index (χ3n) is 6.27. The molecule has 0 bridgehead atoms. The summed E-state index contributed by atoms with van der Waals surface area (Å²) in [6, 6.07) is 23.3. The Labute approximate surface area is 232 Å². The van der Waals surface area contributed by atoms with E-state index in [1.54, 1.807) is 42.5 Å². The van der Waals surface area contributed by atoms with E-state index in [4.69, 9.17) is 11.6 Å². The van der Waals surface area contributed by atoms with Crippen LogP contribution in [0.15, 0.2) is 88.9 Å². The Morgan fingerprint density at radius 1 is 0.974 bits per heavy atom. The van der Waals surface area contributed by atoms with Crippen LogP contribution in [0.5, 0.6) is 0 Å². The fourth-order valence-electron chi connectivity index (χ4n) is 4.16. The summed E-state index contributed by atoms with van der Waals surface area (Å²) in [5.41, 5.74) is 2.23. The van der Waals surface area contributed by atoms with E-state index in [-0.39, 0.29) is 22.5 Å². The fourth-order valence-corrected chi connectivity index (χ4v) is 6.70. The molecule has 1 aromatic heterocycles. The Bertz CT molecular complexity index is 1500. The van der Waals surface area contributed by atoms with Crippen molar-refractivity contribution in [2.45, 2.75) is 36.9 Å². The molecule has 0 radical (unpaired) electrons. The minimum Gasteiger partial charge on any atom is -0.295 e. The number of ketones is 1. The second-order valence-corrected chi connectivity index (χ2v) is 11.9. The van der Waals surface area contributed by atoms with Crippen LogP contribution in [-0.4, -0.2) is 52.1 Å². The molecule has 0 amide bonds. The number of halogens is 1. The Kier molecular flexibility index (Phi) is 9.04. The normalized spacial score (nSPS) is 12.6. The van der Waals surface area contributed by atoms with Gasteiger partial charge < -0.3 is 0 Å². The first-order valence-electron chi connectivity index (χ1n) is 12.3. The molecule has 0 aliphatic rings. The zero-order valence-electron chi connectivity index (χ0n) is 21.4.